The summed E-state index contributed by atoms with van der Waals surface area (Å²) in [5, 5.41) is 7.76. The Morgan fingerprint density at radius 2 is 1.89 bits per heavy atom. The first-order chi connectivity index (χ1) is 26.2. The highest BCUT2D eigenvalue weighted by atomic mass is 16.6. The van der Waals surface area contributed by atoms with Crippen LogP contribution in [-0.2, 0) is 36.6 Å². The van der Waals surface area contributed by atoms with Crippen molar-refractivity contribution in [3.63, 3.8) is 0 Å². The highest BCUT2D eigenvalue weighted by Crippen LogP contribution is 2.77. The van der Waals surface area contributed by atoms with E-state index < -0.39 is 30.1 Å². The number of Topliss-reactive ketones (excluding diaryl/α,β-unsaturated/α-hetero) is 1. The third-order valence-corrected chi connectivity index (χ3v) is 12.4. The molecule has 7 atom stereocenters. The summed E-state index contributed by atoms with van der Waals surface area (Å²) in [7, 11) is 5.55. The van der Waals surface area contributed by atoms with Gasteiger partial charge in [-0.3, -0.25) is 24.2 Å². The average molecular weight is 760 g/mol. The van der Waals surface area contributed by atoms with E-state index in [1.54, 1.807) is 26.3 Å². The third-order valence-electron chi connectivity index (χ3n) is 12.4. The van der Waals surface area contributed by atoms with Gasteiger partial charge in [-0.15, -0.1) is 0 Å². The summed E-state index contributed by atoms with van der Waals surface area (Å²) in [4.78, 5) is 67.9. The van der Waals surface area contributed by atoms with Gasteiger partial charge in [0.05, 0.1) is 38.1 Å². The lowest BCUT2D eigenvalue weighted by molar-refractivity contribution is -0.999. The first kappa shape index (κ1) is 37.9. The van der Waals surface area contributed by atoms with Crippen LogP contribution in [0, 0.1) is 5.92 Å². The van der Waals surface area contributed by atoms with Gasteiger partial charge in [-0.25, -0.2) is 4.79 Å². The molecule has 2 heterocycles. The summed E-state index contributed by atoms with van der Waals surface area (Å²) >= 11 is 0. The number of quaternary nitrogens is 1. The molecule has 0 aromatic heterocycles. The number of hydrogen-bond acceptors (Lipinski definition) is 9. The van der Waals surface area contributed by atoms with Gasteiger partial charge in [-0.1, -0.05) is 6.07 Å². The van der Waals surface area contributed by atoms with Gasteiger partial charge in [0.25, 0.3) is 0 Å². The molecule has 3 aliphatic carbocycles. The first-order valence-corrected chi connectivity index (χ1v) is 18.9. The summed E-state index contributed by atoms with van der Waals surface area (Å²) in [6, 6.07) is 11.3. The second-order valence-electron chi connectivity index (χ2n) is 15.9. The van der Waals surface area contributed by atoms with Gasteiger partial charge >= 0.3 is 6.09 Å². The summed E-state index contributed by atoms with van der Waals surface area (Å²) < 4.78 is 18.6. The van der Waals surface area contributed by atoms with Crippen LogP contribution in [-0.4, -0.2) is 117 Å². The molecule has 2 aromatic carbocycles. The molecule has 1 saturated heterocycles. The lowest BCUT2D eigenvalue weighted by Gasteiger charge is -2.62. The highest BCUT2D eigenvalue weighted by Gasteiger charge is 2.85. The molecule has 3 fully saturated rings. The highest BCUT2D eigenvalue weighted by molar-refractivity contribution is 5.91. The fourth-order valence-electron chi connectivity index (χ4n) is 10.6. The standard InChI is InChI=1S/C39H50N8O8/c1-22(48)44-18-30(50)45-27(6-5-15-43-36(40)41)35(51)42-16-17-46(2)37(52)54-24-9-7-23(8-10-24)19-47(3)21-38-20-39-26(33(38)47)11-13-28(49)34(39)55-32-29(53-4)14-12-25(38)31(32)39/h7-10,12,14,26-27,33-34H,5-6,11,13,15-21H2,1-4H3,(H6-,40,41,42,43,44,45,48,50,51)/p+1/t26-,27-,33?,34-,38?,39-,47-/m0/s1. The SMILES string of the molecule is COc1ccc2c3c1O[C@H]1C(=O)CC[C@H]4C5C2(C[C@]314)C[N@+]5(C)Cc1ccc(OC(=O)N(C)CCNC(=O)[C@H](CCCN=C(N)N)NC(=O)CNC(C)=O)cc1. The van der Waals surface area contributed by atoms with Crippen molar-refractivity contribution in [2.75, 3.05) is 53.9 Å². The molecule has 7 N–H and O–H groups in total. The van der Waals surface area contributed by atoms with Gasteiger partial charge in [-0.05, 0) is 61.6 Å². The Labute approximate surface area is 319 Å². The fourth-order valence-corrected chi connectivity index (χ4v) is 10.6. The van der Waals surface area contributed by atoms with E-state index in [9.17, 15) is 24.0 Å². The molecule has 2 bridgehead atoms. The van der Waals surface area contributed by atoms with Crippen LogP contribution >= 0.6 is 0 Å². The normalized spacial score (nSPS) is 27.7. The molecule has 55 heavy (non-hydrogen) atoms. The first-order valence-electron chi connectivity index (χ1n) is 18.9. The van der Waals surface area contributed by atoms with Crippen LogP contribution in [0.5, 0.6) is 17.2 Å². The zero-order valence-electron chi connectivity index (χ0n) is 31.8. The number of hydrogen-bond donors (Lipinski definition) is 5. The number of nitrogens with zero attached hydrogens (tertiary/aromatic N) is 3. The Kier molecular flexibility index (Phi) is 9.90. The number of fused-ring (bicyclic) bond motifs is 1. The number of carbonyl (C=O) groups excluding carboxylic acids is 5. The molecular formula is C39H51N8O8+. The molecule has 4 amide bonds. The number of methoxy groups -OCH3 is 1. The summed E-state index contributed by atoms with van der Waals surface area (Å²) in [6.45, 7) is 3.35. The summed E-state index contributed by atoms with van der Waals surface area (Å²) in [5.41, 5.74) is 14.2. The molecule has 294 valence electrons. The molecule has 2 aliphatic heterocycles. The topological polar surface area (TPSA) is 217 Å². The molecule has 16 heteroatoms. The number of ketones is 1. The number of rotatable bonds is 15. The van der Waals surface area contributed by atoms with Crippen LogP contribution in [0.3, 0.4) is 0 Å². The minimum Gasteiger partial charge on any atom is -0.493 e. The zero-order chi connectivity index (χ0) is 39.3. The number of guanidine groups is 1. The van der Waals surface area contributed by atoms with Crippen LogP contribution in [0.4, 0.5) is 4.79 Å². The van der Waals surface area contributed by atoms with Gasteiger partial charge < -0.3 is 51.0 Å². The molecule has 5 aliphatic rings. The maximum Gasteiger partial charge on any atom is 0.415 e. The van der Waals surface area contributed by atoms with E-state index in [4.69, 9.17) is 25.7 Å². The fraction of sp³-hybridized carbons (Fsp3) is 0.538. The van der Waals surface area contributed by atoms with E-state index in [1.807, 2.05) is 18.2 Å². The Balaban J connectivity index is 0.925. The maximum atomic E-state index is 13.3. The lowest BCUT2D eigenvalue weighted by Crippen LogP contribution is -2.77. The second-order valence-corrected chi connectivity index (χ2v) is 15.9. The van der Waals surface area contributed by atoms with Crippen LogP contribution in [0.25, 0.3) is 0 Å². The van der Waals surface area contributed by atoms with Crippen molar-refractivity contribution in [1.82, 2.24) is 20.9 Å². The average Bonchev–Trinajstić information content (AvgIpc) is 3.73. The number of aliphatic imine (C=N–C) groups is 1. The molecular weight excluding hydrogens is 708 g/mol. The van der Waals surface area contributed by atoms with E-state index in [1.165, 1.54) is 23.0 Å². The third kappa shape index (κ3) is 6.49. The Morgan fingerprint density at radius 1 is 1.13 bits per heavy atom. The summed E-state index contributed by atoms with van der Waals surface area (Å²) in [5.74, 6) is 1.04. The predicted molar refractivity (Wildman–Crippen MR) is 200 cm³/mol. The van der Waals surface area contributed by atoms with Crippen molar-refractivity contribution >= 4 is 35.6 Å². The largest absolute Gasteiger partial charge is 0.493 e. The number of likely N-dealkylation sites (N-methyl/N-ethyl adjacent to an activating group) is 2. The molecule has 7 rings (SSSR count). The van der Waals surface area contributed by atoms with E-state index >= 15 is 0 Å². The van der Waals surface area contributed by atoms with Crippen molar-refractivity contribution in [3.05, 3.63) is 53.1 Å². The smallest absolute Gasteiger partial charge is 0.415 e. The van der Waals surface area contributed by atoms with Crippen molar-refractivity contribution in [2.24, 2.45) is 22.4 Å². The molecule has 2 saturated carbocycles. The van der Waals surface area contributed by atoms with Crippen molar-refractivity contribution in [2.45, 2.75) is 74.6 Å². The van der Waals surface area contributed by atoms with Crippen molar-refractivity contribution in [1.29, 1.82) is 0 Å². The Bertz CT molecular complexity index is 1930. The van der Waals surface area contributed by atoms with E-state index in [0.717, 1.165) is 41.7 Å². The number of amides is 4. The summed E-state index contributed by atoms with van der Waals surface area (Å²) in [6.07, 6.45) is 2.03. The van der Waals surface area contributed by atoms with Crippen molar-refractivity contribution < 1.29 is 42.7 Å². The van der Waals surface area contributed by atoms with Crippen LogP contribution in [0.1, 0.15) is 55.7 Å². The van der Waals surface area contributed by atoms with E-state index in [2.05, 4.69) is 34.1 Å². The minimum atomic E-state index is -0.894. The van der Waals surface area contributed by atoms with E-state index in [0.29, 0.717) is 36.3 Å². The van der Waals surface area contributed by atoms with Crippen LogP contribution in [0.15, 0.2) is 41.4 Å². The lowest BCUT2D eigenvalue weighted by atomic mass is 9.57. The molecule has 2 unspecified atom stereocenters. The van der Waals surface area contributed by atoms with Gasteiger partial charge in [0.15, 0.2) is 29.3 Å². The number of nitrogens with two attached hydrogens (primary N) is 2. The van der Waals surface area contributed by atoms with Crippen molar-refractivity contribution in [3.8, 4) is 17.2 Å². The van der Waals surface area contributed by atoms with Gasteiger partial charge in [0, 0.05) is 57.1 Å². The van der Waals surface area contributed by atoms with Crippen LogP contribution in [0.2, 0.25) is 0 Å². The molecule has 0 radical (unpaired) electrons. The van der Waals surface area contributed by atoms with Gasteiger partial charge in [0.1, 0.15) is 24.4 Å². The quantitative estimate of drug-likeness (QED) is 0.0737. The van der Waals surface area contributed by atoms with Gasteiger partial charge in [-0.2, -0.15) is 0 Å². The number of benzene rings is 2. The minimum absolute atomic E-state index is 0.0269. The molecule has 2 aromatic rings. The van der Waals surface area contributed by atoms with Crippen LogP contribution < -0.4 is 41.6 Å². The molecule has 16 nitrogen and oxygen atoms in total. The molecule has 2 spiro atoms. The van der Waals surface area contributed by atoms with E-state index in [-0.39, 0.29) is 61.1 Å². The number of carbonyl (C=O) groups is 5. The number of nitrogens with one attached hydrogen (secondary N) is 3. The second kappa shape index (κ2) is 14.4. The maximum absolute atomic E-state index is 13.3. The predicted octanol–water partition coefficient (Wildman–Crippen LogP) is 0.579. The zero-order valence-corrected chi connectivity index (χ0v) is 31.8. The van der Waals surface area contributed by atoms with Gasteiger partial charge in [0.2, 0.25) is 17.7 Å². The Morgan fingerprint density at radius 3 is 2.60 bits per heavy atom. The number of ether oxygens (including phenoxy) is 3. The number of likely N-dealkylation sites (tertiary alicyclic amines) is 1. The Hall–Kier alpha value is -5.38. The monoisotopic (exact) mass is 759 g/mol.